The first-order chi connectivity index (χ1) is 13.3. The van der Waals surface area contributed by atoms with Gasteiger partial charge in [0.05, 0.1) is 5.60 Å². The fourth-order valence-electron chi connectivity index (χ4n) is 4.51. The zero-order valence-corrected chi connectivity index (χ0v) is 17.9. The molecule has 3 rings (SSSR count). The Bertz CT molecular complexity index is 625. The topological polar surface area (TPSA) is 42.0 Å². The van der Waals surface area contributed by atoms with Gasteiger partial charge in [0.1, 0.15) is 5.60 Å². The lowest BCUT2D eigenvalue weighted by Crippen LogP contribution is -2.54. The molecule has 5 nitrogen and oxygen atoms in total. The molecule has 156 valence electrons. The van der Waals surface area contributed by atoms with E-state index in [0.717, 1.165) is 58.3 Å². The molecule has 1 saturated heterocycles. The van der Waals surface area contributed by atoms with Gasteiger partial charge in [0.15, 0.2) is 0 Å². The predicted molar refractivity (Wildman–Crippen MR) is 112 cm³/mol. The van der Waals surface area contributed by atoms with Crippen LogP contribution in [0.5, 0.6) is 0 Å². The monoisotopic (exact) mass is 388 g/mol. The number of benzene rings is 1. The van der Waals surface area contributed by atoms with Crippen LogP contribution < -0.4 is 0 Å². The van der Waals surface area contributed by atoms with Crippen LogP contribution in [0.3, 0.4) is 0 Å². The van der Waals surface area contributed by atoms with Gasteiger partial charge in [0, 0.05) is 45.8 Å². The van der Waals surface area contributed by atoms with E-state index >= 15 is 0 Å². The molecule has 1 aromatic rings. The summed E-state index contributed by atoms with van der Waals surface area (Å²) in [4.78, 5) is 16.7. The molecule has 0 atom stereocenters. The number of carbonyl (C=O) groups excluding carboxylic acids is 1. The molecule has 1 aliphatic carbocycles. The third kappa shape index (κ3) is 5.48. The lowest BCUT2D eigenvalue weighted by atomic mass is 9.77. The lowest BCUT2D eigenvalue weighted by molar-refractivity contribution is -0.0593. The van der Waals surface area contributed by atoms with Gasteiger partial charge in [-0.3, -0.25) is 4.90 Å². The molecule has 1 saturated carbocycles. The van der Waals surface area contributed by atoms with E-state index in [0.29, 0.717) is 6.04 Å². The maximum absolute atomic E-state index is 12.3. The minimum absolute atomic E-state index is 0.0316. The second-order valence-electron chi connectivity index (χ2n) is 9.28. The highest BCUT2D eigenvalue weighted by atomic mass is 16.6. The van der Waals surface area contributed by atoms with Crippen molar-refractivity contribution in [2.45, 2.75) is 70.1 Å². The normalized spacial score (nSPS) is 26.9. The highest BCUT2D eigenvalue weighted by Crippen LogP contribution is 2.36. The standard InChI is InChI=1S/C23H36N2O3/c1-22(2,3)28-21(26)25-16-14-24(15-17-25)20-10-12-23(27-4,13-11-20)18-19-8-6-5-7-9-19/h5-9,20H,10-18H2,1-4H3. The van der Waals surface area contributed by atoms with Gasteiger partial charge in [-0.2, -0.15) is 0 Å². The van der Waals surface area contributed by atoms with Gasteiger partial charge in [0.2, 0.25) is 0 Å². The van der Waals surface area contributed by atoms with Gasteiger partial charge in [0.25, 0.3) is 0 Å². The van der Waals surface area contributed by atoms with E-state index in [1.807, 2.05) is 32.8 Å². The molecule has 0 radical (unpaired) electrons. The molecule has 0 unspecified atom stereocenters. The minimum atomic E-state index is -0.431. The second kappa shape index (κ2) is 8.83. The fraction of sp³-hybridized carbons (Fsp3) is 0.696. The Balaban J connectivity index is 1.48. The summed E-state index contributed by atoms with van der Waals surface area (Å²) in [5.74, 6) is 0. The minimum Gasteiger partial charge on any atom is -0.444 e. The highest BCUT2D eigenvalue weighted by Gasteiger charge is 2.38. The second-order valence-corrected chi connectivity index (χ2v) is 9.28. The van der Waals surface area contributed by atoms with Crippen LogP contribution in [0.1, 0.15) is 52.0 Å². The molecule has 0 spiro atoms. The largest absolute Gasteiger partial charge is 0.444 e. The average Bonchev–Trinajstić information content (AvgIpc) is 2.68. The first-order valence-corrected chi connectivity index (χ1v) is 10.6. The molecule has 2 aliphatic rings. The summed E-state index contributed by atoms with van der Waals surface area (Å²) in [6, 6.07) is 11.3. The number of carbonyl (C=O) groups is 1. The summed E-state index contributed by atoms with van der Waals surface area (Å²) in [5.41, 5.74) is 0.893. The van der Waals surface area contributed by atoms with Crippen molar-refractivity contribution in [3.8, 4) is 0 Å². The summed E-state index contributed by atoms with van der Waals surface area (Å²) < 4.78 is 11.5. The molecule has 1 amide bonds. The predicted octanol–water partition coefficient (Wildman–Crippen LogP) is 4.11. The van der Waals surface area contributed by atoms with Crippen molar-refractivity contribution < 1.29 is 14.3 Å². The van der Waals surface area contributed by atoms with Crippen LogP contribution in [0, 0.1) is 0 Å². The van der Waals surface area contributed by atoms with Gasteiger partial charge in [-0.15, -0.1) is 0 Å². The van der Waals surface area contributed by atoms with Crippen LogP contribution in [0.25, 0.3) is 0 Å². The quantitative estimate of drug-likeness (QED) is 0.778. The van der Waals surface area contributed by atoms with E-state index in [4.69, 9.17) is 9.47 Å². The van der Waals surface area contributed by atoms with Gasteiger partial charge in [-0.05, 0) is 52.0 Å². The van der Waals surface area contributed by atoms with Crippen molar-refractivity contribution in [1.29, 1.82) is 0 Å². The third-order valence-electron chi connectivity index (χ3n) is 6.15. The Labute approximate surface area is 170 Å². The summed E-state index contributed by atoms with van der Waals surface area (Å²) in [6.45, 7) is 9.13. The molecule has 1 aliphatic heterocycles. The SMILES string of the molecule is COC1(Cc2ccccc2)CCC(N2CCN(C(=O)OC(C)(C)C)CC2)CC1. The van der Waals surface area contributed by atoms with E-state index in [1.54, 1.807) is 0 Å². The van der Waals surface area contributed by atoms with E-state index in [-0.39, 0.29) is 11.7 Å². The van der Waals surface area contributed by atoms with Crippen LogP contribution in [-0.2, 0) is 15.9 Å². The summed E-state index contributed by atoms with van der Waals surface area (Å²) in [5, 5.41) is 0. The number of nitrogens with zero attached hydrogens (tertiary/aromatic N) is 2. The Kier molecular flexibility index (Phi) is 6.66. The first-order valence-electron chi connectivity index (χ1n) is 10.6. The number of hydrogen-bond donors (Lipinski definition) is 0. The molecule has 5 heteroatoms. The molecule has 0 N–H and O–H groups in total. The Morgan fingerprint density at radius 2 is 1.68 bits per heavy atom. The van der Waals surface area contributed by atoms with Crippen molar-refractivity contribution >= 4 is 6.09 Å². The number of methoxy groups -OCH3 is 1. The van der Waals surface area contributed by atoms with Crippen LogP contribution in [0.2, 0.25) is 0 Å². The number of hydrogen-bond acceptors (Lipinski definition) is 4. The maximum atomic E-state index is 12.3. The van der Waals surface area contributed by atoms with Crippen molar-refractivity contribution in [1.82, 2.24) is 9.80 Å². The first kappa shape index (κ1) is 21.1. The number of ether oxygens (including phenoxy) is 2. The van der Waals surface area contributed by atoms with Crippen molar-refractivity contribution in [3.05, 3.63) is 35.9 Å². The van der Waals surface area contributed by atoms with E-state index in [2.05, 4.69) is 35.2 Å². The van der Waals surface area contributed by atoms with E-state index in [1.165, 1.54) is 5.56 Å². The number of amides is 1. The molecule has 1 aromatic carbocycles. The molecule has 28 heavy (non-hydrogen) atoms. The number of rotatable bonds is 4. The molecular weight excluding hydrogens is 352 g/mol. The van der Waals surface area contributed by atoms with Crippen LogP contribution in [-0.4, -0.2) is 66.4 Å². The molecule has 0 bridgehead atoms. The van der Waals surface area contributed by atoms with Crippen LogP contribution in [0.4, 0.5) is 4.79 Å². The molecule has 0 aromatic heterocycles. The van der Waals surface area contributed by atoms with Gasteiger partial charge in [-0.1, -0.05) is 30.3 Å². The summed E-state index contributed by atoms with van der Waals surface area (Å²) >= 11 is 0. The van der Waals surface area contributed by atoms with Crippen molar-refractivity contribution in [2.24, 2.45) is 0 Å². The van der Waals surface area contributed by atoms with Crippen molar-refractivity contribution in [2.75, 3.05) is 33.3 Å². The Morgan fingerprint density at radius 1 is 1.07 bits per heavy atom. The third-order valence-corrected chi connectivity index (χ3v) is 6.15. The highest BCUT2D eigenvalue weighted by molar-refractivity contribution is 5.68. The maximum Gasteiger partial charge on any atom is 0.410 e. The zero-order chi connectivity index (χ0) is 20.2. The van der Waals surface area contributed by atoms with Gasteiger partial charge >= 0.3 is 6.09 Å². The summed E-state index contributed by atoms with van der Waals surface area (Å²) in [7, 11) is 1.86. The van der Waals surface area contributed by atoms with Crippen molar-refractivity contribution in [3.63, 3.8) is 0 Å². The van der Waals surface area contributed by atoms with Crippen LogP contribution in [0.15, 0.2) is 30.3 Å². The van der Waals surface area contributed by atoms with Gasteiger partial charge < -0.3 is 14.4 Å². The molecule has 2 fully saturated rings. The lowest BCUT2D eigenvalue weighted by Gasteiger charge is -2.45. The zero-order valence-electron chi connectivity index (χ0n) is 17.9. The van der Waals surface area contributed by atoms with Crippen LogP contribution >= 0.6 is 0 Å². The average molecular weight is 389 g/mol. The molecular formula is C23H36N2O3. The smallest absolute Gasteiger partial charge is 0.410 e. The van der Waals surface area contributed by atoms with E-state index in [9.17, 15) is 4.79 Å². The Morgan fingerprint density at radius 3 is 2.21 bits per heavy atom. The molecule has 1 heterocycles. The Hall–Kier alpha value is -1.59. The fourth-order valence-corrected chi connectivity index (χ4v) is 4.51. The number of piperazine rings is 1. The van der Waals surface area contributed by atoms with E-state index < -0.39 is 5.60 Å². The van der Waals surface area contributed by atoms with Gasteiger partial charge in [-0.25, -0.2) is 4.79 Å². The summed E-state index contributed by atoms with van der Waals surface area (Å²) in [6.07, 6.45) is 5.31.